The summed E-state index contributed by atoms with van der Waals surface area (Å²) in [6.45, 7) is 0. The van der Waals surface area contributed by atoms with Crippen molar-refractivity contribution < 1.29 is 4.42 Å². The molecule has 0 radical (unpaired) electrons. The number of fused-ring (bicyclic) bond motifs is 3. The lowest BCUT2D eigenvalue weighted by Crippen LogP contribution is -2.55. The SMILES string of the molecule is Bc1c(B)c(B)c(-c2ccc(-c3nc(-c4ccccc4)nc(-c4cccc5c4oc4cc(-c6ccc(-c7ccc(-c8ccccc8)cc7)cc6)ccc45)n3)cc2)c(B)c1B. The van der Waals surface area contributed by atoms with Crippen molar-refractivity contribution in [3.05, 3.63) is 170 Å². The maximum atomic E-state index is 6.75. The second-order valence-corrected chi connectivity index (χ2v) is 15.8. The van der Waals surface area contributed by atoms with Crippen LogP contribution in [0.4, 0.5) is 0 Å². The van der Waals surface area contributed by atoms with Gasteiger partial charge in [0.2, 0.25) is 0 Å². The molecule has 0 aliphatic carbocycles. The van der Waals surface area contributed by atoms with Crippen molar-refractivity contribution in [2.45, 2.75) is 0 Å². The third-order valence-electron chi connectivity index (χ3n) is 12.4. The predicted octanol–water partition coefficient (Wildman–Crippen LogP) is 4.73. The molecule has 0 amide bonds. The van der Waals surface area contributed by atoms with Crippen molar-refractivity contribution in [3.8, 4) is 78.7 Å². The number of nitrogens with zero attached hydrogens (tertiary/aromatic N) is 3. The van der Waals surface area contributed by atoms with Crippen molar-refractivity contribution in [1.82, 2.24) is 15.0 Å². The minimum atomic E-state index is 0.566. The maximum absolute atomic E-state index is 6.75. The summed E-state index contributed by atoms with van der Waals surface area (Å²) in [6, 6.07) is 59.4. The van der Waals surface area contributed by atoms with Crippen LogP contribution >= 0.6 is 0 Å². The molecule has 10 aromatic rings. The average Bonchev–Trinajstić information content (AvgIpc) is 3.69. The first-order valence-electron chi connectivity index (χ1n) is 20.5. The van der Waals surface area contributed by atoms with Gasteiger partial charge in [-0.05, 0) is 62.7 Å². The Labute approximate surface area is 354 Å². The molecule has 4 nitrogen and oxygen atoms in total. The van der Waals surface area contributed by atoms with E-state index < -0.39 is 0 Å². The molecule has 0 spiro atoms. The second kappa shape index (κ2) is 15.2. The van der Waals surface area contributed by atoms with E-state index in [2.05, 4.69) is 167 Å². The molecule has 10 rings (SSSR count). The van der Waals surface area contributed by atoms with E-state index in [4.69, 9.17) is 19.4 Å². The van der Waals surface area contributed by atoms with Crippen LogP contribution in [0.3, 0.4) is 0 Å². The quantitative estimate of drug-likeness (QED) is 0.221. The Morgan fingerprint density at radius 2 is 0.733 bits per heavy atom. The summed E-state index contributed by atoms with van der Waals surface area (Å²) in [7, 11) is 11.1. The smallest absolute Gasteiger partial charge is 0.167 e. The highest BCUT2D eigenvalue weighted by atomic mass is 16.3. The molecule has 0 N–H and O–H groups in total. The van der Waals surface area contributed by atoms with E-state index in [0.717, 1.165) is 49.8 Å². The summed E-state index contributed by atoms with van der Waals surface area (Å²) in [5, 5.41) is 2.07. The molecule has 0 unspecified atom stereocenters. The Bertz CT molecular complexity index is 3200. The second-order valence-electron chi connectivity index (χ2n) is 15.8. The number of hydrogen-bond acceptors (Lipinski definition) is 4. The summed E-state index contributed by atoms with van der Waals surface area (Å²) in [5.74, 6) is 1.79. The van der Waals surface area contributed by atoms with Gasteiger partial charge in [-0.1, -0.05) is 163 Å². The Hall–Kier alpha value is -7.11. The summed E-state index contributed by atoms with van der Waals surface area (Å²) < 4.78 is 6.75. The summed E-state index contributed by atoms with van der Waals surface area (Å²) in [4.78, 5) is 15.2. The maximum Gasteiger partial charge on any atom is 0.167 e. The Kier molecular flexibility index (Phi) is 9.45. The van der Waals surface area contributed by atoms with Gasteiger partial charge >= 0.3 is 0 Å². The van der Waals surface area contributed by atoms with Crippen molar-refractivity contribution >= 4 is 88.5 Å². The fraction of sp³-hybridized carbons (Fsp3) is 0. The standard InChI is InChI=1S/C51H38B5N3O/c52-43-42(44(53)46(55)47(56)45(43)54)34-22-24-36(25-23-34)50-57-49(35-10-5-2-6-11-35)58-51(59-50)40-13-7-12-39-38-27-26-37(28-41(38)60-48(39)40)33-20-18-32(19-21-33)31-16-14-30(15-17-31)29-8-3-1-4-9-29/h1-28H,52-56H2. The highest BCUT2D eigenvalue weighted by Gasteiger charge is 2.19. The van der Waals surface area contributed by atoms with Gasteiger partial charge < -0.3 is 4.42 Å². The van der Waals surface area contributed by atoms with E-state index >= 15 is 0 Å². The molecule has 0 aliphatic rings. The molecule has 0 aliphatic heterocycles. The Balaban J connectivity index is 1.01. The van der Waals surface area contributed by atoms with Crippen LogP contribution in [0.2, 0.25) is 0 Å². The van der Waals surface area contributed by atoms with Crippen LogP contribution in [-0.4, -0.2) is 54.2 Å². The van der Waals surface area contributed by atoms with Gasteiger partial charge in [-0.3, -0.25) is 0 Å². The van der Waals surface area contributed by atoms with Gasteiger partial charge in [0.05, 0.1) is 5.56 Å². The Morgan fingerprint density at radius 3 is 1.30 bits per heavy atom. The van der Waals surface area contributed by atoms with E-state index in [1.54, 1.807) is 0 Å². The first kappa shape index (κ1) is 37.2. The number of benzene rings is 8. The van der Waals surface area contributed by atoms with E-state index in [9.17, 15) is 0 Å². The first-order valence-corrected chi connectivity index (χ1v) is 20.5. The molecular formula is C51H38B5N3O. The molecule has 2 aromatic heterocycles. The van der Waals surface area contributed by atoms with Crippen LogP contribution in [0.1, 0.15) is 0 Å². The minimum Gasteiger partial charge on any atom is -0.455 e. The van der Waals surface area contributed by atoms with Gasteiger partial charge in [0.15, 0.2) is 17.5 Å². The van der Waals surface area contributed by atoms with Gasteiger partial charge in [-0.25, -0.2) is 15.0 Å². The average molecular weight is 763 g/mol. The van der Waals surface area contributed by atoms with Gasteiger partial charge in [-0.15, -0.1) is 16.4 Å². The van der Waals surface area contributed by atoms with Crippen LogP contribution < -0.4 is 27.3 Å². The van der Waals surface area contributed by atoms with Crippen molar-refractivity contribution in [1.29, 1.82) is 0 Å². The van der Waals surface area contributed by atoms with E-state index in [-0.39, 0.29) is 0 Å². The third kappa shape index (κ3) is 6.66. The molecule has 9 heteroatoms. The van der Waals surface area contributed by atoms with Gasteiger partial charge in [-0.2, -0.15) is 0 Å². The summed E-state index contributed by atoms with van der Waals surface area (Å²) in [6.07, 6.45) is 0. The number of hydrogen-bond donors (Lipinski definition) is 0. The van der Waals surface area contributed by atoms with Crippen LogP contribution in [0.5, 0.6) is 0 Å². The van der Waals surface area contributed by atoms with Crippen LogP contribution in [0.25, 0.3) is 101 Å². The molecule has 8 aromatic carbocycles. The topological polar surface area (TPSA) is 51.8 Å². The molecular weight excluding hydrogens is 725 g/mol. The molecule has 60 heavy (non-hydrogen) atoms. The number of furan rings is 1. The molecule has 0 saturated heterocycles. The highest BCUT2D eigenvalue weighted by molar-refractivity contribution is 6.68. The Morgan fingerprint density at radius 1 is 0.317 bits per heavy atom. The lowest BCUT2D eigenvalue weighted by molar-refractivity contribution is 0.669. The van der Waals surface area contributed by atoms with Crippen molar-refractivity contribution in [3.63, 3.8) is 0 Å². The van der Waals surface area contributed by atoms with Crippen LogP contribution in [-0.2, 0) is 0 Å². The van der Waals surface area contributed by atoms with Crippen LogP contribution in [0, 0.1) is 0 Å². The summed E-state index contributed by atoms with van der Waals surface area (Å²) >= 11 is 0. The van der Waals surface area contributed by atoms with Crippen molar-refractivity contribution in [2.75, 3.05) is 0 Å². The van der Waals surface area contributed by atoms with E-state index in [1.807, 2.05) is 42.5 Å². The number of para-hydroxylation sites is 1. The lowest BCUT2D eigenvalue weighted by Gasteiger charge is -2.20. The highest BCUT2D eigenvalue weighted by Crippen LogP contribution is 2.38. The number of aromatic nitrogens is 3. The van der Waals surface area contributed by atoms with E-state index in [1.165, 1.54) is 60.7 Å². The fourth-order valence-electron chi connectivity index (χ4n) is 8.56. The zero-order valence-electron chi connectivity index (χ0n) is 34.4. The van der Waals surface area contributed by atoms with Gasteiger partial charge in [0.25, 0.3) is 0 Å². The summed E-state index contributed by atoms with van der Waals surface area (Å²) in [5.41, 5.74) is 20.4. The molecule has 0 bridgehead atoms. The molecule has 0 atom stereocenters. The lowest BCUT2D eigenvalue weighted by atomic mass is 9.59. The number of rotatable bonds is 7. The van der Waals surface area contributed by atoms with Crippen LogP contribution in [0.15, 0.2) is 174 Å². The van der Waals surface area contributed by atoms with Crippen molar-refractivity contribution in [2.24, 2.45) is 0 Å². The minimum absolute atomic E-state index is 0.566. The zero-order chi connectivity index (χ0) is 40.9. The molecule has 0 fully saturated rings. The monoisotopic (exact) mass is 763 g/mol. The third-order valence-corrected chi connectivity index (χ3v) is 12.4. The van der Waals surface area contributed by atoms with Gasteiger partial charge in [0, 0.05) is 21.9 Å². The zero-order valence-corrected chi connectivity index (χ0v) is 34.4. The normalized spacial score (nSPS) is 11.3. The first-order chi connectivity index (χ1) is 29.3. The predicted molar refractivity (Wildman–Crippen MR) is 266 cm³/mol. The molecule has 2 heterocycles. The largest absolute Gasteiger partial charge is 0.455 e. The molecule has 278 valence electrons. The van der Waals surface area contributed by atoms with Gasteiger partial charge in [0.1, 0.15) is 50.4 Å². The molecule has 0 saturated carbocycles. The fourth-order valence-corrected chi connectivity index (χ4v) is 8.56. The van der Waals surface area contributed by atoms with E-state index in [0.29, 0.717) is 17.5 Å².